The molecule has 1 aliphatic heterocycles. The van der Waals surface area contributed by atoms with E-state index < -0.39 is 0 Å². The molecular weight excluding hydrogens is 510 g/mol. The van der Waals surface area contributed by atoms with Gasteiger partial charge < -0.3 is 23.7 Å². The summed E-state index contributed by atoms with van der Waals surface area (Å²) < 4.78 is 29.7. The molecule has 9 heteroatoms. The maximum atomic E-state index is 13.5. The molecule has 1 fully saturated rings. The molecule has 0 radical (unpaired) electrons. The van der Waals surface area contributed by atoms with Crippen LogP contribution in [0, 0.1) is 0 Å². The highest BCUT2D eigenvalue weighted by Crippen LogP contribution is 2.40. The fraction of sp³-hybridized carbons (Fsp3) is 0.323. The third-order valence-corrected chi connectivity index (χ3v) is 7.37. The van der Waals surface area contributed by atoms with E-state index in [-0.39, 0.29) is 24.9 Å². The molecule has 4 aromatic rings. The van der Waals surface area contributed by atoms with Crippen LogP contribution < -0.4 is 29.2 Å². The number of benzene rings is 3. The second-order valence-electron chi connectivity index (χ2n) is 9.91. The van der Waals surface area contributed by atoms with E-state index in [2.05, 4.69) is 5.10 Å². The molecule has 1 saturated carbocycles. The first-order chi connectivity index (χ1) is 19.6. The van der Waals surface area contributed by atoms with Crippen molar-refractivity contribution in [1.82, 2.24) is 9.66 Å². The summed E-state index contributed by atoms with van der Waals surface area (Å²) in [7, 11) is 3.14. The Morgan fingerprint density at radius 1 is 0.975 bits per heavy atom. The SMILES string of the molecule is COc1cc(C=Nn2c(C3CCCCC3)nc3ccccc3c2=O)cc(OC)c1OCc1ccc2c(c1)OCO2. The van der Waals surface area contributed by atoms with Crippen LogP contribution in [0.2, 0.25) is 0 Å². The van der Waals surface area contributed by atoms with Crippen LogP contribution in [0.3, 0.4) is 0 Å². The maximum absolute atomic E-state index is 13.5. The number of rotatable bonds is 8. The van der Waals surface area contributed by atoms with Gasteiger partial charge in [-0.1, -0.05) is 37.5 Å². The Balaban J connectivity index is 1.32. The zero-order chi connectivity index (χ0) is 27.5. The van der Waals surface area contributed by atoms with Crippen LogP contribution in [0.15, 0.2) is 64.5 Å². The van der Waals surface area contributed by atoms with Gasteiger partial charge in [0.15, 0.2) is 23.0 Å². The molecule has 6 rings (SSSR count). The number of fused-ring (bicyclic) bond motifs is 2. The quantitative estimate of drug-likeness (QED) is 0.266. The summed E-state index contributed by atoms with van der Waals surface area (Å²) in [6.07, 6.45) is 7.09. The van der Waals surface area contributed by atoms with Crippen molar-refractivity contribution >= 4 is 17.1 Å². The van der Waals surface area contributed by atoms with Gasteiger partial charge in [0.1, 0.15) is 12.4 Å². The Labute approximate surface area is 231 Å². The summed E-state index contributed by atoms with van der Waals surface area (Å²) in [5.74, 6) is 3.75. The topological polar surface area (TPSA) is 93.4 Å². The predicted molar refractivity (Wildman–Crippen MR) is 151 cm³/mol. The highest BCUT2D eigenvalue weighted by molar-refractivity contribution is 5.83. The summed E-state index contributed by atoms with van der Waals surface area (Å²) >= 11 is 0. The third kappa shape index (κ3) is 5.06. The summed E-state index contributed by atoms with van der Waals surface area (Å²) in [5, 5.41) is 5.19. The summed E-state index contributed by atoms with van der Waals surface area (Å²) in [6.45, 7) is 0.494. The zero-order valence-electron chi connectivity index (χ0n) is 22.6. The van der Waals surface area contributed by atoms with Crippen LogP contribution in [0.1, 0.15) is 55.0 Å². The van der Waals surface area contributed by atoms with E-state index in [0.717, 1.165) is 37.0 Å². The summed E-state index contributed by atoms with van der Waals surface area (Å²) in [5.41, 5.74) is 2.13. The summed E-state index contributed by atoms with van der Waals surface area (Å²) in [4.78, 5) is 18.4. The monoisotopic (exact) mass is 541 g/mol. The Bertz CT molecular complexity index is 1600. The van der Waals surface area contributed by atoms with Crippen LogP contribution in [0.25, 0.3) is 10.9 Å². The van der Waals surface area contributed by atoms with Crippen molar-refractivity contribution in [3.8, 4) is 28.7 Å². The van der Waals surface area contributed by atoms with Gasteiger partial charge in [-0.15, -0.1) is 0 Å². The zero-order valence-corrected chi connectivity index (χ0v) is 22.6. The van der Waals surface area contributed by atoms with Crippen LogP contribution in [0.4, 0.5) is 0 Å². The van der Waals surface area contributed by atoms with E-state index in [1.807, 2.05) is 36.4 Å². The normalized spacial score (nSPS) is 15.1. The minimum Gasteiger partial charge on any atom is -0.493 e. The Kier molecular flexibility index (Phi) is 7.27. The highest BCUT2D eigenvalue weighted by atomic mass is 16.7. The number of para-hydroxylation sites is 1. The molecular formula is C31H31N3O6. The van der Waals surface area contributed by atoms with Gasteiger partial charge in [0, 0.05) is 11.5 Å². The minimum absolute atomic E-state index is 0.176. The van der Waals surface area contributed by atoms with Crippen molar-refractivity contribution in [3.63, 3.8) is 0 Å². The fourth-order valence-corrected chi connectivity index (χ4v) is 5.31. The fourth-order valence-electron chi connectivity index (χ4n) is 5.31. The molecule has 0 bridgehead atoms. The number of aromatic nitrogens is 2. The van der Waals surface area contributed by atoms with Gasteiger partial charge >= 0.3 is 0 Å². The van der Waals surface area contributed by atoms with Crippen LogP contribution in [-0.2, 0) is 6.61 Å². The largest absolute Gasteiger partial charge is 0.493 e. The van der Waals surface area contributed by atoms with Gasteiger partial charge in [0.05, 0.1) is 31.3 Å². The Morgan fingerprint density at radius 3 is 2.50 bits per heavy atom. The van der Waals surface area contributed by atoms with Gasteiger partial charge in [-0.05, 0) is 54.8 Å². The van der Waals surface area contributed by atoms with Crippen molar-refractivity contribution < 1.29 is 23.7 Å². The third-order valence-electron chi connectivity index (χ3n) is 7.37. The maximum Gasteiger partial charge on any atom is 0.282 e. The molecule has 40 heavy (non-hydrogen) atoms. The lowest BCUT2D eigenvalue weighted by atomic mass is 9.88. The lowest BCUT2D eigenvalue weighted by molar-refractivity contribution is 0.174. The molecule has 1 aliphatic carbocycles. The first kappa shape index (κ1) is 25.7. The van der Waals surface area contributed by atoms with Crippen molar-refractivity contribution in [2.45, 2.75) is 44.6 Å². The van der Waals surface area contributed by atoms with Gasteiger partial charge in [0.2, 0.25) is 12.5 Å². The number of hydrogen-bond acceptors (Lipinski definition) is 8. The lowest BCUT2D eigenvalue weighted by Gasteiger charge is -2.22. The average Bonchev–Trinajstić information content (AvgIpc) is 3.48. The molecule has 9 nitrogen and oxygen atoms in total. The van der Waals surface area contributed by atoms with E-state index in [1.54, 1.807) is 38.6 Å². The Morgan fingerprint density at radius 2 is 1.73 bits per heavy atom. The van der Waals surface area contributed by atoms with E-state index in [0.29, 0.717) is 45.3 Å². The van der Waals surface area contributed by atoms with Gasteiger partial charge in [-0.2, -0.15) is 9.78 Å². The molecule has 0 saturated heterocycles. The molecule has 2 heterocycles. The molecule has 0 atom stereocenters. The van der Waals surface area contributed by atoms with Crippen molar-refractivity contribution in [1.29, 1.82) is 0 Å². The predicted octanol–water partition coefficient (Wildman–Crippen LogP) is 5.65. The van der Waals surface area contributed by atoms with Crippen molar-refractivity contribution in [3.05, 3.63) is 81.9 Å². The van der Waals surface area contributed by atoms with Crippen LogP contribution in [-0.4, -0.2) is 36.9 Å². The molecule has 0 amide bonds. The Hall–Kier alpha value is -4.53. The second-order valence-corrected chi connectivity index (χ2v) is 9.91. The van der Waals surface area contributed by atoms with E-state index >= 15 is 0 Å². The molecule has 3 aromatic carbocycles. The number of methoxy groups -OCH3 is 2. The van der Waals surface area contributed by atoms with Crippen LogP contribution in [0.5, 0.6) is 28.7 Å². The van der Waals surface area contributed by atoms with Crippen molar-refractivity contribution in [2.75, 3.05) is 21.0 Å². The molecule has 0 N–H and O–H groups in total. The molecule has 206 valence electrons. The summed E-state index contributed by atoms with van der Waals surface area (Å²) in [6, 6.07) is 16.7. The first-order valence-corrected chi connectivity index (χ1v) is 13.5. The molecule has 0 spiro atoms. The van der Waals surface area contributed by atoms with Gasteiger partial charge in [-0.25, -0.2) is 4.98 Å². The highest BCUT2D eigenvalue weighted by Gasteiger charge is 2.23. The average molecular weight is 542 g/mol. The standard InChI is InChI=1S/C31H31N3O6/c1-36-27-15-21(16-28(37-2)29(27)38-18-20-12-13-25-26(14-20)40-19-39-25)17-32-34-30(22-8-4-3-5-9-22)33-24-11-7-6-10-23(24)31(34)35/h6-7,10-17,22H,3-5,8-9,18-19H2,1-2H3. The first-order valence-electron chi connectivity index (χ1n) is 13.5. The van der Waals surface area contributed by atoms with Crippen molar-refractivity contribution in [2.24, 2.45) is 5.10 Å². The van der Waals surface area contributed by atoms with Crippen LogP contribution >= 0.6 is 0 Å². The number of nitrogens with zero attached hydrogens (tertiary/aromatic N) is 3. The van der Waals surface area contributed by atoms with Gasteiger partial charge in [-0.3, -0.25) is 4.79 Å². The second kappa shape index (κ2) is 11.3. The minimum atomic E-state index is -0.176. The van der Waals surface area contributed by atoms with E-state index in [9.17, 15) is 4.79 Å². The molecule has 1 aromatic heterocycles. The van der Waals surface area contributed by atoms with E-state index in [1.165, 1.54) is 11.1 Å². The smallest absolute Gasteiger partial charge is 0.282 e. The molecule has 0 unspecified atom stereocenters. The number of hydrogen-bond donors (Lipinski definition) is 0. The number of ether oxygens (including phenoxy) is 5. The lowest BCUT2D eigenvalue weighted by Crippen LogP contribution is -2.25. The molecule has 2 aliphatic rings. The van der Waals surface area contributed by atoms with E-state index in [4.69, 9.17) is 28.7 Å². The van der Waals surface area contributed by atoms with Gasteiger partial charge in [0.25, 0.3) is 5.56 Å².